The van der Waals surface area contributed by atoms with Gasteiger partial charge in [0.2, 0.25) is 5.95 Å². The average Bonchev–Trinajstić information content (AvgIpc) is 3.26. The molecule has 1 amide bonds. The number of benzene rings is 1. The number of hydrogen-bond donors (Lipinski definition) is 3. The summed E-state index contributed by atoms with van der Waals surface area (Å²) in [5.74, 6) is 0.465. The van der Waals surface area contributed by atoms with Crippen molar-refractivity contribution in [2.24, 2.45) is 10.8 Å². The molecule has 166 valence electrons. The minimum Gasteiger partial charge on any atom is -0.397 e. The topological polar surface area (TPSA) is 133 Å². The van der Waals surface area contributed by atoms with Crippen molar-refractivity contribution in [2.75, 3.05) is 11.9 Å². The Morgan fingerprint density at radius 3 is 2.73 bits per heavy atom. The van der Waals surface area contributed by atoms with Crippen LogP contribution in [0.25, 0.3) is 5.70 Å². The third-order valence-corrected chi connectivity index (χ3v) is 6.12. The zero-order valence-corrected chi connectivity index (χ0v) is 18.0. The predicted octanol–water partition coefficient (Wildman–Crippen LogP) is 2.94. The second-order valence-electron chi connectivity index (χ2n) is 8.30. The molecule has 9 heteroatoms. The number of rotatable bonds is 5. The molecule has 2 aliphatic rings. The van der Waals surface area contributed by atoms with Crippen LogP contribution in [0.3, 0.4) is 0 Å². The third-order valence-electron chi connectivity index (χ3n) is 6.12. The SMILES string of the molecule is N=N/C=C(\N)c1ccnc(C(=O)N2CCc3nc(NC4Cc5ccccc5C4)ncc3C2)c1. The van der Waals surface area contributed by atoms with Crippen molar-refractivity contribution in [1.29, 1.82) is 5.53 Å². The van der Waals surface area contributed by atoms with Crippen molar-refractivity contribution in [2.45, 2.75) is 31.8 Å². The lowest BCUT2D eigenvalue weighted by atomic mass is 10.1. The van der Waals surface area contributed by atoms with E-state index in [1.165, 1.54) is 23.5 Å². The maximum absolute atomic E-state index is 13.0. The van der Waals surface area contributed by atoms with Crippen LogP contribution < -0.4 is 11.1 Å². The maximum Gasteiger partial charge on any atom is 0.272 e. The number of nitrogens with two attached hydrogens (primary N) is 1. The first-order chi connectivity index (χ1) is 16.1. The van der Waals surface area contributed by atoms with Crippen LogP contribution in [0.1, 0.15) is 38.4 Å². The van der Waals surface area contributed by atoms with E-state index >= 15 is 0 Å². The Morgan fingerprint density at radius 2 is 1.97 bits per heavy atom. The van der Waals surface area contributed by atoms with Gasteiger partial charge in [0.05, 0.1) is 17.6 Å². The van der Waals surface area contributed by atoms with Crippen molar-refractivity contribution in [3.8, 4) is 0 Å². The van der Waals surface area contributed by atoms with E-state index < -0.39 is 0 Å². The fraction of sp³-hybridized carbons (Fsp3) is 0.250. The zero-order valence-electron chi connectivity index (χ0n) is 18.0. The molecule has 0 unspecified atom stereocenters. The van der Waals surface area contributed by atoms with Gasteiger partial charge in [0.1, 0.15) is 5.69 Å². The monoisotopic (exact) mass is 440 g/mol. The molecule has 0 bridgehead atoms. The molecule has 33 heavy (non-hydrogen) atoms. The second-order valence-corrected chi connectivity index (χ2v) is 8.30. The summed E-state index contributed by atoms with van der Waals surface area (Å²) in [5.41, 5.74) is 18.7. The van der Waals surface area contributed by atoms with Gasteiger partial charge in [-0.15, -0.1) is 0 Å². The van der Waals surface area contributed by atoms with Gasteiger partial charge in [0, 0.05) is 49.1 Å². The Bertz CT molecular complexity index is 1230. The van der Waals surface area contributed by atoms with Crippen LogP contribution in [0.2, 0.25) is 0 Å². The number of amides is 1. The molecule has 4 N–H and O–H groups in total. The normalized spacial score (nSPS) is 15.6. The number of pyridine rings is 1. The molecule has 2 aromatic heterocycles. The van der Waals surface area contributed by atoms with Gasteiger partial charge in [-0.05, 0) is 36.1 Å². The molecule has 0 atom stereocenters. The standard InChI is InChI=1S/C24H24N8O/c25-20(13-29-26)17-5-7-27-22(11-17)23(33)32-8-6-21-18(14-32)12-28-24(31-21)30-19-9-15-3-1-2-4-16(15)10-19/h1-5,7,11-13,19,26H,6,8-10,14,25H2,(H,28,30,31)/b20-13-,29-26?. The fourth-order valence-corrected chi connectivity index (χ4v) is 4.44. The molecule has 0 saturated heterocycles. The highest BCUT2D eigenvalue weighted by atomic mass is 16.2. The molecule has 0 radical (unpaired) electrons. The lowest BCUT2D eigenvalue weighted by Crippen LogP contribution is -2.37. The number of aromatic nitrogens is 3. The Kier molecular flexibility index (Phi) is 5.52. The highest BCUT2D eigenvalue weighted by molar-refractivity contribution is 5.93. The van der Waals surface area contributed by atoms with Crippen LogP contribution in [0.15, 0.2) is 60.1 Å². The molecule has 3 heterocycles. The van der Waals surface area contributed by atoms with Gasteiger partial charge >= 0.3 is 0 Å². The molecule has 0 fully saturated rings. The van der Waals surface area contributed by atoms with Crippen molar-refractivity contribution in [1.82, 2.24) is 19.9 Å². The highest BCUT2D eigenvalue weighted by Gasteiger charge is 2.26. The Balaban J connectivity index is 1.26. The third kappa shape index (κ3) is 4.30. The molecule has 0 spiro atoms. The van der Waals surface area contributed by atoms with E-state index in [2.05, 4.69) is 44.7 Å². The number of nitrogens with one attached hydrogen (secondary N) is 2. The molecular formula is C24H24N8O. The number of anilines is 1. The number of carbonyl (C=O) groups excluding carboxylic acids is 1. The van der Waals surface area contributed by atoms with Crippen LogP contribution in [-0.4, -0.2) is 38.3 Å². The summed E-state index contributed by atoms with van der Waals surface area (Å²) in [7, 11) is 0. The predicted molar refractivity (Wildman–Crippen MR) is 123 cm³/mol. The van der Waals surface area contributed by atoms with E-state index in [-0.39, 0.29) is 5.91 Å². The number of fused-ring (bicyclic) bond motifs is 2. The largest absolute Gasteiger partial charge is 0.397 e. The average molecular weight is 441 g/mol. The molecule has 0 saturated carbocycles. The first kappa shape index (κ1) is 20.7. The summed E-state index contributed by atoms with van der Waals surface area (Å²) in [6.07, 6.45) is 7.18. The van der Waals surface area contributed by atoms with Gasteiger partial charge in [0.25, 0.3) is 5.91 Å². The minimum atomic E-state index is -0.177. The van der Waals surface area contributed by atoms with Crippen LogP contribution in [0.5, 0.6) is 0 Å². The summed E-state index contributed by atoms with van der Waals surface area (Å²) in [5, 5.41) is 6.65. The molecular weight excluding hydrogens is 416 g/mol. The number of carbonyl (C=O) groups is 1. The smallest absolute Gasteiger partial charge is 0.272 e. The van der Waals surface area contributed by atoms with Crippen LogP contribution in [-0.2, 0) is 25.8 Å². The first-order valence-corrected chi connectivity index (χ1v) is 10.9. The summed E-state index contributed by atoms with van der Waals surface area (Å²) in [4.78, 5) is 28.2. The van der Waals surface area contributed by atoms with Crippen molar-refractivity contribution in [3.05, 3.63) is 88.6 Å². The fourth-order valence-electron chi connectivity index (χ4n) is 4.44. The molecule has 1 aliphatic carbocycles. The van der Waals surface area contributed by atoms with E-state index in [1.807, 2.05) is 6.20 Å². The number of hydrogen-bond acceptors (Lipinski definition) is 8. The van der Waals surface area contributed by atoms with Gasteiger partial charge in [-0.2, -0.15) is 5.11 Å². The maximum atomic E-state index is 13.0. The van der Waals surface area contributed by atoms with Crippen LogP contribution in [0.4, 0.5) is 5.95 Å². The van der Waals surface area contributed by atoms with E-state index in [0.717, 1.165) is 24.1 Å². The lowest BCUT2D eigenvalue weighted by molar-refractivity contribution is 0.0727. The van der Waals surface area contributed by atoms with Crippen molar-refractivity contribution >= 4 is 17.6 Å². The van der Waals surface area contributed by atoms with E-state index in [4.69, 9.17) is 16.2 Å². The van der Waals surface area contributed by atoms with Gasteiger partial charge in [-0.3, -0.25) is 9.78 Å². The first-order valence-electron chi connectivity index (χ1n) is 10.9. The van der Waals surface area contributed by atoms with Gasteiger partial charge < -0.3 is 16.0 Å². The highest BCUT2D eigenvalue weighted by Crippen LogP contribution is 2.25. The Labute approximate surface area is 191 Å². The quantitative estimate of drug-likeness (QED) is 0.523. The Hall–Kier alpha value is -4.14. The van der Waals surface area contributed by atoms with Crippen molar-refractivity contribution < 1.29 is 4.79 Å². The molecule has 1 aliphatic heterocycles. The van der Waals surface area contributed by atoms with Gasteiger partial charge in [-0.1, -0.05) is 24.3 Å². The molecule has 9 nitrogen and oxygen atoms in total. The lowest BCUT2D eigenvalue weighted by Gasteiger charge is -2.28. The summed E-state index contributed by atoms with van der Waals surface area (Å²) < 4.78 is 0. The van der Waals surface area contributed by atoms with Crippen molar-refractivity contribution in [3.63, 3.8) is 0 Å². The molecule has 5 rings (SSSR count). The van der Waals surface area contributed by atoms with E-state index in [1.54, 1.807) is 17.0 Å². The van der Waals surface area contributed by atoms with Gasteiger partial charge in [-0.25, -0.2) is 15.5 Å². The van der Waals surface area contributed by atoms with Crippen LogP contribution >= 0.6 is 0 Å². The second kappa shape index (κ2) is 8.78. The Morgan fingerprint density at radius 1 is 1.18 bits per heavy atom. The molecule has 1 aromatic carbocycles. The minimum absolute atomic E-state index is 0.177. The van der Waals surface area contributed by atoms with Gasteiger partial charge in [0.15, 0.2) is 0 Å². The molecule has 3 aromatic rings. The number of nitrogens with zero attached hydrogens (tertiary/aromatic N) is 5. The summed E-state index contributed by atoms with van der Waals surface area (Å²) >= 11 is 0. The van der Waals surface area contributed by atoms with Crippen LogP contribution in [0, 0.1) is 5.53 Å². The van der Waals surface area contributed by atoms with E-state index in [0.29, 0.717) is 48.5 Å². The van der Waals surface area contributed by atoms with E-state index in [9.17, 15) is 4.79 Å². The summed E-state index contributed by atoms with van der Waals surface area (Å²) in [6.45, 7) is 0.985. The zero-order chi connectivity index (χ0) is 22.8. The summed E-state index contributed by atoms with van der Waals surface area (Å²) in [6, 6.07) is 12.1.